The van der Waals surface area contributed by atoms with Gasteiger partial charge in [0.05, 0.1) is 6.54 Å². The van der Waals surface area contributed by atoms with Gasteiger partial charge in [-0.15, -0.1) is 12.4 Å². The van der Waals surface area contributed by atoms with Gasteiger partial charge in [-0.3, -0.25) is 4.52 Å². The zero-order valence-corrected chi connectivity index (χ0v) is 16.1. The van der Waals surface area contributed by atoms with Crippen LogP contribution in [0.4, 0.5) is 5.88 Å². The minimum atomic E-state index is -0.345. The number of nitrogens with zero attached hydrogens (tertiary/aromatic N) is 3. The van der Waals surface area contributed by atoms with E-state index in [0.717, 1.165) is 5.69 Å². The molecular formula is C20H23ClN4O2. The van der Waals surface area contributed by atoms with Gasteiger partial charge in [-0.2, -0.15) is 0 Å². The average Bonchev–Trinajstić information content (AvgIpc) is 3.06. The third-order valence-electron chi connectivity index (χ3n) is 3.92. The monoisotopic (exact) mass is 386 g/mol. The van der Waals surface area contributed by atoms with Gasteiger partial charge in [-0.1, -0.05) is 60.7 Å². The van der Waals surface area contributed by atoms with E-state index in [2.05, 4.69) is 27.7 Å². The van der Waals surface area contributed by atoms with Gasteiger partial charge >= 0.3 is 5.88 Å². The Morgan fingerprint density at radius 1 is 1.07 bits per heavy atom. The minimum Gasteiger partial charge on any atom is -0.858 e. The molecule has 7 heteroatoms. The van der Waals surface area contributed by atoms with E-state index in [9.17, 15) is 5.11 Å². The van der Waals surface area contributed by atoms with Crippen LogP contribution in [-0.2, 0) is 13.1 Å². The maximum absolute atomic E-state index is 12.4. The van der Waals surface area contributed by atoms with Crippen molar-refractivity contribution in [2.24, 2.45) is 4.99 Å². The molecule has 0 aliphatic carbocycles. The average molecular weight is 387 g/mol. The Bertz CT molecular complexity index is 864. The van der Waals surface area contributed by atoms with E-state index in [-0.39, 0.29) is 30.2 Å². The highest BCUT2D eigenvalue weighted by atomic mass is 35.5. The molecule has 0 unspecified atom stereocenters. The molecule has 0 amide bonds. The molecule has 0 aliphatic rings. The molecule has 3 aromatic rings. The van der Waals surface area contributed by atoms with Gasteiger partial charge in [0.25, 0.3) is 5.69 Å². The van der Waals surface area contributed by atoms with Crippen molar-refractivity contribution in [3.63, 3.8) is 0 Å². The molecule has 6 nitrogen and oxygen atoms in total. The smallest absolute Gasteiger partial charge is 0.325 e. The summed E-state index contributed by atoms with van der Waals surface area (Å²) >= 11 is 0. The van der Waals surface area contributed by atoms with E-state index >= 15 is 0 Å². The topological polar surface area (TPSA) is 77.4 Å². The van der Waals surface area contributed by atoms with Crippen molar-refractivity contribution >= 4 is 24.2 Å². The summed E-state index contributed by atoms with van der Waals surface area (Å²) in [6, 6.07) is 19.1. The van der Waals surface area contributed by atoms with Gasteiger partial charge in [0.1, 0.15) is 0 Å². The normalized spacial score (nSPS) is 11.4. The summed E-state index contributed by atoms with van der Waals surface area (Å²) in [5, 5.41) is 19.8. The second-order valence-corrected chi connectivity index (χ2v) is 6.24. The number of rotatable bonds is 7. The molecule has 3 rings (SSSR count). The van der Waals surface area contributed by atoms with Crippen LogP contribution >= 0.6 is 12.4 Å². The summed E-state index contributed by atoms with van der Waals surface area (Å²) in [5.74, 6) is -0.102. The van der Waals surface area contributed by atoms with Crippen molar-refractivity contribution < 1.29 is 14.3 Å². The molecule has 0 radical (unpaired) electrons. The van der Waals surface area contributed by atoms with Crippen LogP contribution in [-0.4, -0.2) is 11.2 Å². The third kappa shape index (κ3) is 5.39. The molecule has 27 heavy (non-hydrogen) atoms. The second kappa shape index (κ2) is 9.85. The first-order chi connectivity index (χ1) is 12.6. The molecule has 1 heterocycles. The van der Waals surface area contributed by atoms with Gasteiger partial charge in [0.2, 0.25) is 5.27 Å². The first kappa shape index (κ1) is 20.6. The van der Waals surface area contributed by atoms with Crippen LogP contribution in [0.15, 0.2) is 70.2 Å². The Morgan fingerprint density at radius 3 is 2.33 bits per heavy atom. The lowest BCUT2D eigenvalue weighted by Gasteiger charge is -2.08. The molecule has 0 saturated heterocycles. The fraction of sp³-hybridized carbons (Fsp3) is 0.250. The van der Waals surface area contributed by atoms with Crippen LogP contribution in [0.3, 0.4) is 0 Å². The summed E-state index contributed by atoms with van der Waals surface area (Å²) in [6.45, 7) is 5.21. The zero-order valence-electron chi connectivity index (χ0n) is 15.3. The summed E-state index contributed by atoms with van der Waals surface area (Å²) in [4.78, 5) is 4.13. The summed E-state index contributed by atoms with van der Waals surface area (Å²) in [6.07, 6.45) is 0. The fourth-order valence-corrected chi connectivity index (χ4v) is 2.59. The van der Waals surface area contributed by atoms with Gasteiger partial charge in [0.15, 0.2) is 6.04 Å². The van der Waals surface area contributed by atoms with Crippen LogP contribution < -0.4 is 15.1 Å². The van der Waals surface area contributed by atoms with Crippen LogP contribution in [0.2, 0.25) is 0 Å². The molecule has 0 saturated carbocycles. The molecule has 2 aromatic carbocycles. The number of hydrogen-bond acceptors (Lipinski definition) is 5. The van der Waals surface area contributed by atoms with Crippen LogP contribution in [0, 0.1) is 0 Å². The van der Waals surface area contributed by atoms with Crippen molar-refractivity contribution in [2.75, 3.05) is 0 Å². The Hall–Kier alpha value is -2.70. The lowest BCUT2D eigenvalue weighted by atomic mass is 10.2. The van der Waals surface area contributed by atoms with E-state index in [0.29, 0.717) is 18.7 Å². The van der Waals surface area contributed by atoms with E-state index in [4.69, 9.17) is 4.52 Å². The molecule has 0 fully saturated rings. The predicted octanol–water partition coefficient (Wildman–Crippen LogP) is 2.69. The molecular weight excluding hydrogens is 364 g/mol. The molecule has 0 atom stereocenters. The number of halogens is 1. The van der Waals surface area contributed by atoms with Crippen LogP contribution in [0.1, 0.15) is 36.7 Å². The van der Waals surface area contributed by atoms with Crippen LogP contribution in [0.5, 0.6) is 0 Å². The lowest BCUT2D eigenvalue weighted by molar-refractivity contribution is -0.785. The number of aromatic nitrogens is 2. The fourth-order valence-electron chi connectivity index (χ4n) is 2.59. The molecule has 0 bridgehead atoms. The number of hydrogen-bond donors (Lipinski definition) is 1. The Kier molecular flexibility index (Phi) is 7.52. The number of nitrogens with one attached hydrogen (secondary N) is 1. The van der Waals surface area contributed by atoms with Gasteiger partial charge in [-0.25, -0.2) is 4.99 Å². The third-order valence-corrected chi connectivity index (χ3v) is 3.92. The maximum Gasteiger partial charge on any atom is 0.325 e. The van der Waals surface area contributed by atoms with E-state index in [1.54, 1.807) is 28.9 Å². The van der Waals surface area contributed by atoms with E-state index in [1.807, 2.05) is 38.1 Å². The molecule has 142 valence electrons. The highest BCUT2D eigenvalue weighted by molar-refractivity contribution is 5.92. The number of aliphatic imine (C=N–C) groups is 1. The minimum absolute atomic E-state index is 0. The maximum atomic E-state index is 12.4. The van der Waals surface area contributed by atoms with Gasteiger partial charge in [0, 0.05) is 20.4 Å². The molecule has 1 N–H and O–H groups in total. The predicted molar refractivity (Wildman–Crippen MR) is 104 cm³/mol. The summed E-state index contributed by atoms with van der Waals surface area (Å²) in [7, 11) is 0. The zero-order chi connectivity index (χ0) is 18.4. The quantitative estimate of drug-likeness (QED) is 0.384. The van der Waals surface area contributed by atoms with Crippen molar-refractivity contribution in [3.05, 3.63) is 77.5 Å². The Morgan fingerprint density at radius 2 is 1.70 bits per heavy atom. The van der Waals surface area contributed by atoms with Crippen molar-refractivity contribution in [1.29, 1.82) is 0 Å². The van der Waals surface area contributed by atoms with Crippen molar-refractivity contribution in [2.45, 2.75) is 33.0 Å². The van der Waals surface area contributed by atoms with Crippen molar-refractivity contribution in [3.8, 4) is 0 Å². The highest BCUT2D eigenvalue weighted by Crippen LogP contribution is 2.17. The van der Waals surface area contributed by atoms with Crippen LogP contribution in [0.25, 0.3) is 0 Å². The SMILES string of the molecule is CC(C)[n+]1noc(/N=C(\[O-])c2ccccc2)c1CNCc1ccccc1.Cl. The van der Waals surface area contributed by atoms with E-state index in [1.165, 1.54) is 5.56 Å². The molecule has 0 aliphatic heterocycles. The largest absolute Gasteiger partial charge is 0.858 e. The summed E-state index contributed by atoms with van der Waals surface area (Å²) in [5.41, 5.74) is 2.45. The van der Waals surface area contributed by atoms with E-state index < -0.39 is 0 Å². The number of benzene rings is 2. The first-order valence-electron chi connectivity index (χ1n) is 8.61. The summed E-state index contributed by atoms with van der Waals surface area (Å²) < 4.78 is 7.08. The molecule has 1 aromatic heterocycles. The first-order valence-corrected chi connectivity index (χ1v) is 8.61. The Labute approximate surface area is 164 Å². The second-order valence-electron chi connectivity index (χ2n) is 6.24. The highest BCUT2D eigenvalue weighted by Gasteiger charge is 2.26. The Balaban J connectivity index is 0.00000261. The lowest BCUT2D eigenvalue weighted by Crippen LogP contribution is -2.43. The standard InChI is InChI=1S/C20H22N4O2.ClH/c1-15(2)24-18(14-21-13-16-9-5-3-6-10-16)20(26-23-24)22-19(25)17-11-7-4-8-12-17;/h3-12,15,21H,13-14H2,1-2H3;1H. The van der Waals surface area contributed by atoms with Crippen molar-refractivity contribution in [1.82, 2.24) is 10.6 Å². The van der Waals surface area contributed by atoms with Gasteiger partial charge in [-0.05, 0) is 21.7 Å². The van der Waals surface area contributed by atoms with Gasteiger partial charge < -0.3 is 10.4 Å². The molecule has 0 spiro atoms.